The summed E-state index contributed by atoms with van der Waals surface area (Å²) >= 11 is 15.4. The van der Waals surface area contributed by atoms with Gasteiger partial charge in [-0.05, 0) is 64.7 Å². The summed E-state index contributed by atoms with van der Waals surface area (Å²) in [5.41, 5.74) is 2.19. The first-order valence-electron chi connectivity index (χ1n) is 6.68. The van der Waals surface area contributed by atoms with Gasteiger partial charge in [0.2, 0.25) is 0 Å². The second-order valence-corrected chi connectivity index (χ2v) is 6.46. The lowest BCUT2D eigenvalue weighted by molar-refractivity contribution is 0.0697. The number of nitrogens with one attached hydrogen (secondary N) is 1. The molecule has 0 spiro atoms. The summed E-state index contributed by atoms with van der Waals surface area (Å²) in [7, 11) is 0. The SMILES string of the molecule is O=C(O)c1ccc(NCCCc2ccc(Cl)cc2Cl)c(Br)c1. The van der Waals surface area contributed by atoms with Crippen molar-refractivity contribution >= 4 is 50.8 Å². The standard InChI is InChI=1S/C16H14BrCl2NO2/c17-13-8-11(16(21)22)4-6-15(13)20-7-1-2-10-3-5-12(18)9-14(10)19/h3-6,8-9,20H,1-2,7H2,(H,21,22). The number of anilines is 1. The zero-order valence-corrected chi connectivity index (χ0v) is 14.7. The van der Waals surface area contributed by atoms with Gasteiger partial charge in [-0.2, -0.15) is 0 Å². The summed E-state index contributed by atoms with van der Waals surface area (Å²) < 4.78 is 0.733. The van der Waals surface area contributed by atoms with Gasteiger partial charge in [0.1, 0.15) is 0 Å². The van der Waals surface area contributed by atoms with Gasteiger partial charge in [0.05, 0.1) is 5.56 Å². The fourth-order valence-electron chi connectivity index (χ4n) is 2.02. The predicted octanol–water partition coefficient (Wildman–Crippen LogP) is 5.50. The van der Waals surface area contributed by atoms with Crippen molar-refractivity contribution in [3.63, 3.8) is 0 Å². The summed E-state index contributed by atoms with van der Waals surface area (Å²) in [5.74, 6) is -0.940. The van der Waals surface area contributed by atoms with Gasteiger partial charge in [-0.25, -0.2) is 4.79 Å². The van der Waals surface area contributed by atoms with E-state index in [4.69, 9.17) is 28.3 Å². The van der Waals surface area contributed by atoms with E-state index in [1.807, 2.05) is 12.1 Å². The monoisotopic (exact) mass is 401 g/mol. The molecule has 2 rings (SSSR count). The molecule has 3 nitrogen and oxygen atoms in total. The van der Waals surface area contributed by atoms with E-state index in [9.17, 15) is 4.79 Å². The molecule has 0 aliphatic rings. The molecule has 0 amide bonds. The third-order valence-electron chi connectivity index (χ3n) is 3.17. The van der Waals surface area contributed by atoms with Gasteiger partial charge in [-0.15, -0.1) is 0 Å². The van der Waals surface area contributed by atoms with Gasteiger partial charge in [0.15, 0.2) is 0 Å². The van der Waals surface area contributed by atoms with Crippen LogP contribution < -0.4 is 5.32 Å². The van der Waals surface area contributed by atoms with Crippen LogP contribution in [-0.4, -0.2) is 17.6 Å². The molecule has 0 aromatic heterocycles. The van der Waals surface area contributed by atoms with E-state index < -0.39 is 5.97 Å². The predicted molar refractivity (Wildman–Crippen MR) is 94.4 cm³/mol. The van der Waals surface area contributed by atoms with Gasteiger partial charge < -0.3 is 10.4 Å². The van der Waals surface area contributed by atoms with Crippen LogP contribution in [0.3, 0.4) is 0 Å². The quantitative estimate of drug-likeness (QED) is 0.627. The van der Waals surface area contributed by atoms with Crippen molar-refractivity contribution in [2.24, 2.45) is 0 Å². The Morgan fingerprint density at radius 2 is 1.95 bits per heavy atom. The van der Waals surface area contributed by atoms with Gasteiger partial charge in [-0.1, -0.05) is 29.3 Å². The second kappa shape index (κ2) is 7.86. The lowest BCUT2D eigenvalue weighted by Gasteiger charge is -2.10. The number of hydrogen-bond acceptors (Lipinski definition) is 2. The first-order valence-corrected chi connectivity index (χ1v) is 8.23. The van der Waals surface area contributed by atoms with Gasteiger partial charge in [0, 0.05) is 26.8 Å². The summed E-state index contributed by atoms with van der Waals surface area (Å²) in [5, 5.41) is 13.5. The van der Waals surface area contributed by atoms with Crippen molar-refractivity contribution in [1.82, 2.24) is 0 Å². The van der Waals surface area contributed by atoms with Crippen molar-refractivity contribution in [2.45, 2.75) is 12.8 Å². The maximum atomic E-state index is 10.9. The Morgan fingerprint density at radius 3 is 2.59 bits per heavy atom. The van der Waals surface area contributed by atoms with E-state index in [1.54, 1.807) is 24.3 Å². The van der Waals surface area contributed by atoms with E-state index in [0.717, 1.165) is 35.1 Å². The van der Waals surface area contributed by atoms with E-state index in [2.05, 4.69) is 21.2 Å². The highest BCUT2D eigenvalue weighted by Gasteiger charge is 2.06. The molecule has 2 aromatic rings. The number of benzene rings is 2. The topological polar surface area (TPSA) is 49.3 Å². The van der Waals surface area contributed by atoms with Crippen LogP contribution in [0, 0.1) is 0 Å². The van der Waals surface area contributed by atoms with Crippen molar-refractivity contribution in [3.05, 3.63) is 62.0 Å². The van der Waals surface area contributed by atoms with Crippen LogP contribution in [-0.2, 0) is 6.42 Å². The number of carbonyl (C=O) groups is 1. The van der Waals surface area contributed by atoms with Crippen molar-refractivity contribution in [1.29, 1.82) is 0 Å². The Balaban J connectivity index is 1.87. The normalized spacial score (nSPS) is 10.5. The second-order valence-electron chi connectivity index (χ2n) is 4.77. The maximum Gasteiger partial charge on any atom is 0.335 e. The number of halogens is 3. The minimum absolute atomic E-state index is 0.255. The molecule has 0 aliphatic carbocycles. The van der Waals surface area contributed by atoms with Crippen LogP contribution in [0.2, 0.25) is 10.0 Å². The summed E-state index contributed by atoms with van der Waals surface area (Å²) in [6.45, 7) is 0.754. The van der Waals surface area contributed by atoms with E-state index in [0.29, 0.717) is 10.0 Å². The van der Waals surface area contributed by atoms with Gasteiger partial charge >= 0.3 is 5.97 Å². The molecule has 0 radical (unpaired) electrons. The molecule has 22 heavy (non-hydrogen) atoms. The lowest BCUT2D eigenvalue weighted by Crippen LogP contribution is -2.05. The van der Waals surface area contributed by atoms with Crippen molar-refractivity contribution < 1.29 is 9.90 Å². The molecule has 6 heteroatoms. The molecule has 2 N–H and O–H groups in total. The smallest absolute Gasteiger partial charge is 0.335 e. The molecule has 0 heterocycles. The Hall–Kier alpha value is -1.23. The van der Waals surface area contributed by atoms with Crippen LogP contribution in [0.1, 0.15) is 22.3 Å². The number of hydrogen-bond donors (Lipinski definition) is 2. The molecular formula is C16H14BrCl2NO2. The molecule has 0 bridgehead atoms. The Morgan fingerprint density at radius 1 is 1.18 bits per heavy atom. The van der Waals surface area contributed by atoms with E-state index >= 15 is 0 Å². The number of carboxylic acid groups (broad SMARTS) is 1. The van der Waals surface area contributed by atoms with Crippen LogP contribution >= 0.6 is 39.1 Å². The van der Waals surface area contributed by atoms with Crippen molar-refractivity contribution in [3.8, 4) is 0 Å². The summed E-state index contributed by atoms with van der Waals surface area (Å²) in [6.07, 6.45) is 1.74. The van der Waals surface area contributed by atoms with Crippen LogP contribution in [0.25, 0.3) is 0 Å². The van der Waals surface area contributed by atoms with Crippen LogP contribution in [0.4, 0.5) is 5.69 Å². The number of rotatable bonds is 6. The van der Waals surface area contributed by atoms with Gasteiger partial charge in [-0.3, -0.25) is 0 Å². The minimum atomic E-state index is -0.940. The average Bonchev–Trinajstić information content (AvgIpc) is 2.46. The molecule has 0 unspecified atom stereocenters. The van der Waals surface area contributed by atoms with E-state index in [1.165, 1.54) is 0 Å². The van der Waals surface area contributed by atoms with Crippen LogP contribution in [0.15, 0.2) is 40.9 Å². The molecular weight excluding hydrogens is 389 g/mol. The summed E-state index contributed by atoms with van der Waals surface area (Å²) in [6, 6.07) is 10.4. The third-order valence-corrected chi connectivity index (χ3v) is 4.41. The van der Waals surface area contributed by atoms with Gasteiger partial charge in [0.25, 0.3) is 0 Å². The fourth-order valence-corrected chi connectivity index (χ4v) is 3.04. The first-order chi connectivity index (χ1) is 10.5. The summed E-state index contributed by atoms with van der Waals surface area (Å²) in [4.78, 5) is 10.9. The molecule has 0 aliphatic heterocycles. The van der Waals surface area contributed by atoms with E-state index in [-0.39, 0.29) is 5.56 Å². The Bertz CT molecular complexity index is 692. The largest absolute Gasteiger partial charge is 0.478 e. The molecule has 0 saturated carbocycles. The molecule has 0 fully saturated rings. The maximum absolute atomic E-state index is 10.9. The lowest BCUT2D eigenvalue weighted by atomic mass is 10.1. The zero-order valence-electron chi connectivity index (χ0n) is 11.6. The Kier molecular flexibility index (Phi) is 6.12. The third kappa shape index (κ3) is 4.63. The molecule has 116 valence electrons. The minimum Gasteiger partial charge on any atom is -0.478 e. The number of carboxylic acids is 1. The highest BCUT2D eigenvalue weighted by atomic mass is 79.9. The first kappa shape index (κ1) is 17.1. The highest BCUT2D eigenvalue weighted by molar-refractivity contribution is 9.10. The fraction of sp³-hybridized carbons (Fsp3) is 0.188. The highest BCUT2D eigenvalue weighted by Crippen LogP contribution is 2.25. The molecule has 0 atom stereocenters. The zero-order chi connectivity index (χ0) is 16.1. The molecule has 2 aromatic carbocycles. The average molecular weight is 403 g/mol. The molecule has 0 saturated heterocycles. The number of aromatic carboxylic acids is 1. The number of aryl methyl sites for hydroxylation is 1. The van der Waals surface area contributed by atoms with Crippen molar-refractivity contribution in [2.75, 3.05) is 11.9 Å². The Labute approximate surface area is 147 Å². The van der Waals surface area contributed by atoms with Crippen LogP contribution in [0.5, 0.6) is 0 Å².